The van der Waals surface area contributed by atoms with E-state index in [-0.39, 0.29) is 12.6 Å². The summed E-state index contributed by atoms with van der Waals surface area (Å²) in [6.45, 7) is -0.372. The van der Waals surface area contributed by atoms with Gasteiger partial charge in [-0.2, -0.15) is 5.10 Å². The van der Waals surface area contributed by atoms with Crippen molar-refractivity contribution in [3.63, 3.8) is 0 Å². The summed E-state index contributed by atoms with van der Waals surface area (Å²) in [5, 5.41) is 5.52. The number of rotatable bonds is 3. The molecule has 0 fully saturated rings. The Labute approximate surface area is 118 Å². The van der Waals surface area contributed by atoms with E-state index in [9.17, 15) is 22.4 Å². The van der Waals surface area contributed by atoms with Crippen LogP contribution in [0, 0.1) is 23.3 Å². The summed E-state index contributed by atoms with van der Waals surface area (Å²) in [5.74, 6) is -7.41. The fourth-order valence-corrected chi connectivity index (χ4v) is 1.76. The largest absolute Gasteiger partial charge is 0.319 e. The Hall–Kier alpha value is -1.90. The molecule has 0 bridgehead atoms. The quantitative estimate of drug-likeness (QED) is 0.682. The fraction of sp³-hybridized carbons (Fsp3) is 0.0909. The number of hydrogen-bond acceptors (Lipinski definition) is 2. The van der Waals surface area contributed by atoms with Crippen molar-refractivity contribution in [1.82, 2.24) is 9.78 Å². The maximum atomic E-state index is 13.3. The summed E-state index contributed by atoms with van der Waals surface area (Å²) in [5.41, 5.74) is -1.17. The Morgan fingerprint density at radius 1 is 1.25 bits per heavy atom. The standard InChI is InChI=1S/C11H6BrF4N3O/c12-5-2-17-19(3-5)4-8(20)18-11-9(15)6(13)1-7(14)10(11)16/h1-3H,4H2,(H,18,20). The molecule has 0 aliphatic heterocycles. The summed E-state index contributed by atoms with van der Waals surface area (Å²) >= 11 is 3.10. The maximum Gasteiger partial charge on any atom is 0.246 e. The molecule has 0 aliphatic rings. The average Bonchev–Trinajstić information content (AvgIpc) is 2.77. The van der Waals surface area contributed by atoms with E-state index < -0.39 is 34.9 Å². The monoisotopic (exact) mass is 351 g/mol. The van der Waals surface area contributed by atoms with Crippen LogP contribution in [0.25, 0.3) is 0 Å². The second kappa shape index (κ2) is 5.61. The molecular formula is C11H6BrF4N3O. The van der Waals surface area contributed by atoms with Gasteiger partial charge < -0.3 is 5.32 Å². The number of aromatic nitrogens is 2. The Balaban J connectivity index is 2.20. The predicted molar refractivity (Wildman–Crippen MR) is 64.8 cm³/mol. The minimum absolute atomic E-state index is 0.0605. The number of carbonyl (C=O) groups excluding carboxylic acids is 1. The zero-order valence-corrected chi connectivity index (χ0v) is 11.2. The molecule has 2 rings (SSSR count). The molecule has 0 atom stereocenters. The number of amides is 1. The van der Waals surface area contributed by atoms with Gasteiger partial charge in [-0.3, -0.25) is 9.48 Å². The Morgan fingerprint density at radius 2 is 1.85 bits per heavy atom. The normalized spacial score (nSPS) is 10.7. The average molecular weight is 352 g/mol. The molecule has 0 unspecified atom stereocenters. The highest BCUT2D eigenvalue weighted by molar-refractivity contribution is 9.10. The SMILES string of the molecule is O=C(Cn1cc(Br)cn1)Nc1c(F)c(F)cc(F)c1F. The van der Waals surface area contributed by atoms with E-state index >= 15 is 0 Å². The molecule has 20 heavy (non-hydrogen) atoms. The van der Waals surface area contributed by atoms with Crippen molar-refractivity contribution in [2.75, 3.05) is 5.32 Å². The van der Waals surface area contributed by atoms with Crippen LogP contribution >= 0.6 is 15.9 Å². The number of halogens is 5. The second-order valence-corrected chi connectivity index (χ2v) is 4.66. The van der Waals surface area contributed by atoms with Crippen molar-refractivity contribution >= 4 is 27.5 Å². The first kappa shape index (κ1) is 14.5. The van der Waals surface area contributed by atoms with Crippen molar-refractivity contribution in [3.05, 3.63) is 46.2 Å². The topological polar surface area (TPSA) is 46.9 Å². The van der Waals surface area contributed by atoms with Gasteiger partial charge in [0.2, 0.25) is 5.91 Å². The number of anilines is 1. The number of nitrogens with one attached hydrogen (secondary N) is 1. The molecule has 4 nitrogen and oxygen atoms in total. The predicted octanol–water partition coefficient (Wildman–Crippen LogP) is 2.84. The Bertz CT molecular complexity index is 648. The van der Waals surface area contributed by atoms with E-state index in [0.717, 1.165) is 0 Å². The van der Waals surface area contributed by atoms with Crippen LogP contribution in [0.3, 0.4) is 0 Å². The zero-order valence-electron chi connectivity index (χ0n) is 9.63. The first-order chi connectivity index (χ1) is 9.38. The minimum atomic E-state index is -1.67. The number of carbonyl (C=O) groups is 1. The molecule has 1 amide bonds. The van der Waals surface area contributed by atoms with Gasteiger partial charge >= 0.3 is 0 Å². The van der Waals surface area contributed by atoms with E-state index in [1.54, 1.807) is 5.32 Å². The summed E-state index contributed by atoms with van der Waals surface area (Å²) in [6.07, 6.45) is 2.84. The van der Waals surface area contributed by atoms with Gasteiger partial charge in [0, 0.05) is 12.3 Å². The van der Waals surface area contributed by atoms with Gasteiger partial charge in [-0.25, -0.2) is 17.6 Å². The van der Waals surface area contributed by atoms with Crippen LogP contribution in [0.5, 0.6) is 0 Å². The van der Waals surface area contributed by atoms with Crippen molar-refractivity contribution in [2.45, 2.75) is 6.54 Å². The fourth-order valence-electron chi connectivity index (χ4n) is 1.43. The summed E-state index contributed by atoms with van der Waals surface area (Å²) in [4.78, 5) is 11.6. The van der Waals surface area contributed by atoms with Gasteiger partial charge in [-0.05, 0) is 15.9 Å². The molecule has 0 spiro atoms. The molecule has 1 N–H and O–H groups in total. The summed E-state index contributed by atoms with van der Waals surface area (Å²) in [6, 6.07) is 0.0605. The third kappa shape index (κ3) is 2.98. The van der Waals surface area contributed by atoms with Gasteiger partial charge in [-0.1, -0.05) is 0 Å². The molecule has 0 saturated heterocycles. The van der Waals surface area contributed by atoms with Crippen molar-refractivity contribution < 1.29 is 22.4 Å². The van der Waals surface area contributed by atoms with Gasteiger partial charge in [0.05, 0.1) is 10.7 Å². The highest BCUT2D eigenvalue weighted by Crippen LogP contribution is 2.24. The molecule has 106 valence electrons. The van der Waals surface area contributed by atoms with E-state index in [2.05, 4.69) is 21.0 Å². The van der Waals surface area contributed by atoms with Crippen LogP contribution in [0.1, 0.15) is 0 Å². The first-order valence-corrected chi connectivity index (χ1v) is 5.98. The third-order valence-corrected chi connectivity index (χ3v) is 2.69. The molecule has 0 radical (unpaired) electrons. The van der Waals surface area contributed by atoms with Crippen molar-refractivity contribution in [3.8, 4) is 0 Å². The number of hydrogen-bond donors (Lipinski definition) is 1. The Morgan fingerprint density at radius 3 is 2.35 bits per heavy atom. The third-order valence-electron chi connectivity index (χ3n) is 2.28. The van der Waals surface area contributed by atoms with Gasteiger partial charge in [0.25, 0.3) is 0 Å². The maximum absolute atomic E-state index is 13.3. The molecule has 9 heteroatoms. The zero-order chi connectivity index (χ0) is 14.9. The first-order valence-electron chi connectivity index (χ1n) is 5.19. The van der Waals surface area contributed by atoms with Crippen molar-refractivity contribution in [2.24, 2.45) is 0 Å². The molecule has 0 saturated carbocycles. The minimum Gasteiger partial charge on any atom is -0.319 e. The molecule has 1 aromatic heterocycles. The summed E-state index contributed by atoms with van der Waals surface area (Å²) in [7, 11) is 0. The lowest BCUT2D eigenvalue weighted by atomic mass is 10.2. The van der Waals surface area contributed by atoms with Crippen LogP contribution in [-0.2, 0) is 11.3 Å². The van der Waals surface area contributed by atoms with E-state index in [4.69, 9.17) is 0 Å². The van der Waals surface area contributed by atoms with E-state index in [1.165, 1.54) is 17.1 Å². The summed E-state index contributed by atoms with van der Waals surface area (Å²) < 4.78 is 54.3. The lowest BCUT2D eigenvalue weighted by Crippen LogP contribution is -2.21. The second-order valence-electron chi connectivity index (χ2n) is 3.75. The van der Waals surface area contributed by atoms with Crippen LogP contribution in [0.15, 0.2) is 22.9 Å². The molecular weight excluding hydrogens is 346 g/mol. The molecule has 1 aromatic carbocycles. The van der Waals surface area contributed by atoms with Crippen LogP contribution in [-0.4, -0.2) is 15.7 Å². The number of benzene rings is 1. The Kier molecular flexibility index (Phi) is 4.07. The van der Waals surface area contributed by atoms with Crippen LogP contribution in [0.4, 0.5) is 23.2 Å². The van der Waals surface area contributed by atoms with E-state index in [0.29, 0.717) is 4.47 Å². The van der Waals surface area contributed by atoms with Gasteiger partial charge in [-0.15, -0.1) is 0 Å². The molecule has 2 aromatic rings. The highest BCUT2D eigenvalue weighted by Gasteiger charge is 2.20. The lowest BCUT2D eigenvalue weighted by Gasteiger charge is -2.08. The molecule has 1 heterocycles. The van der Waals surface area contributed by atoms with Gasteiger partial charge in [0.15, 0.2) is 23.3 Å². The van der Waals surface area contributed by atoms with E-state index in [1.807, 2.05) is 0 Å². The smallest absolute Gasteiger partial charge is 0.246 e. The highest BCUT2D eigenvalue weighted by atomic mass is 79.9. The van der Waals surface area contributed by atoms with Crippen molar-refractivity contribution in [1.29, 1.82) is 0 Å². The van der Waals surface area contributed by atoms with Gasteiger partial charge in [0.1, 0.15) is 12.2 Å². The number of nitrogens with zero attached hydrogens (tertiary/aromatic N) is 2. The molecule has 0 aliphatic carbocycles. The van der Waals surface area contributed by atoms with Crippen LogP contribution in [0.2, 0.25) is 0 Å². The lowest BCUT2D eigenvalue weighted by molar-refractivity contribution is -0.117. The van der Waals surface area contributed by atoms with Crippen LogP contribution < -0.4 is 5.32 Å².